The van der Waals surface area contributed by atoms with Crippen LogP contribution in [0, 0.1) is 34.8 Å². The summed E-state index contributed by atoms with van der Waals surface area (Å²) >= 11 is 1.40. The van der Waals surface area contributed by atoms with E-state index in [0.717, 1.165) is 24.9 Å². The van der Waals surface area contributed by atoms with Crippen LogP contribution >= 0.6 is 12.1 Å². The van der Waals surface area contributed by atoms with E-state index in [0.29, 0.717) is 92.6 Å². The fourth-order valence-electron chi connectivity index (χ4n) is 9.29. The van der Waals surface area contributed by atoms with Crippen LogP contribution in [0.15, 0.2) is 72.0 Å². The Morgan fingerprint density at radius 1 is 0.909 bits per heavy atom. The summed E-state index contributed by atoms with van der Waals surface area (Å²) in [7, 11) is 0. The maximum Gasteiger partial charge on any atom is 0.266 e. The Bertz CT molecular complexity index is 2800. The molecule has 6 heterocycles. The predicted molar refractivity (Wildman–Crippen MR) is 242 cm³/mol. The number of nitrogens with one attached hydrogen (secondary N) is 3. The van der Waals surface area contributed by atoms with Gasteiger partial charge < -0.3 is 24.6 Å². The zero-order valence-corrected chi connectivity index (χ0v) is 36.6. The Hall–Kier alpha value is -6.69. The van der Waals surface area contributed by atoms with E-state index in [1.54, 1.807) is 24.3 Å². The first-order valence-electron chi connectivity index (χ1n) is 22.1. The molecule has 5 aliphatic rings. The number of benzene rings is 3. The number of likely N-dealkylation sites (tertiary alicyclic amines) is 1. The average Bonchev–Trinajstić information content (AvgIpc) is 3.94. The number of carbonyl (C=O) groups excluding carboxylic acids is 3. The summed E-state index contributed by atoms with van der Waals surface area (Å²) in [6.07, 6.45) is 7.73. The number of anilines is 3. The minimum absolute atomic E-state index is 0.0112. The molecule has 0 spiro atoms. The minimum Gasteiger partial charge on any atom is -0.453 e. The van der Waals surface area contributed by atoms with Gasteiger partial charge in [-0.05, 0) is 105 Å². The van der Waals surface area contributed by atoms with Gasteiger partial charge in [0.1, 0.15) is 35.6 Å². The van der Waals surface area contributed by atoms with Crippen molar-refractivity contribution in [2.75, 3.05) is 73.8 Å². The number of amides is 3. The van der Waals surface area contributed by atoms with Crippen molar-refractivity contribution >= 4 is 58.1 Å². The number of ether oxygens (including phenoxy) is 1. The Labute approximate surface area is 382 Å². The molecule has 3 aromatic carbocycles. The van der Waals surface area contributed by atoms with Crippen molar-refractivity contribution in [3.63, 3.8) is 0 Å². The van der Waals surface area contributed by atoms with Gasteiger partial charge in [0.15, 0.2) is 11.6 Å². The quantitative estimate of drug-likeness (QED) is 0.114. The molecular formula is C46H46F2N12O5S. The standard InChI is InChI=1S/C46H46F2N12O5S/c47-36-4-6-39(55-66-59-23-28-17-29(28)24-59)35(20-49)43(36)65-32-2-5-38-34(19-32)45(64)60(26-52-38)31-21-50-46(51-22-31)58-15-13-57(14-16-58)42(62)25-56-11-9-27(10-12-56)33-3-1-30(18-37(33)48)53-40-7-8-41(61)54-44(40)63/h1-6,18-19,21-22,26-29,40,53,55H,7-17,23-25H2,(H,54,61,63). The van der Waals surface area contributed by atoms with Gasteiger partial charge in [0.2, 0.25) is 23.7 Å². The molecule has 3 N–H and O–H groups in total. The zero-order chi connectivity index (χ0) is 45.5. The lowest BCUT2D eigenvalue weighted by Crippen LogP contribution is -2.52. The van der Waals surface area contributed by atoms with Gasteiger partial charge in [-0.3, -0.25) is 34.0 Å². The first-order chi connectivity index (χ1) is 32.1. The van der Waals surface area contributed by atoms with Gasteiger partial charge >= 0.3 is 0 Å². The highest BCUT2D eigenvalue weighted by Crippen LogP contribution is 2.47. The van der Waals surface area contributed by atoms with Gasteiger partial charge in [-0.2, -0.15) is 5.26 Å². The van der Waals surface area contributed by atoms with Crippen LogP contribution in [-0.4, -0.2) is 116 Å². The third-order valence-electron chi connectivity index (χ3n) is 13.2. The number of nitriles is 1. The largest absolute Gasteiger partial charge is 0.453 e. The van der Waals surface area contributed by atoms with Crippen LogP contribution in [0.25, 0.3) is 16.6 Å². The Morgan fingerprint density at radius 2 is 1.68 bits per heavy atom. The smallest absolute Gasteiger partial charge is 0.266 e. The Kier molecular flexibility index (Phi) is 12.0. The molecular weight excluding hydrogens is 871 g/mol. The normalized spacial score (nSPS) is 21.3. The van der Waals surface area contributed by atoms with Gasteiger partial charge in [0.25, 0.3) is 5.56 Å². The Morgan fingerprint density at radius 3 is 2.41 bits per heavy atom. The summed E-state index contributed by atoms with van der Waals surface area (Å²) in [5, 5.41) is 15.6. The molecule has 0 radical (unpaired) electrons. The third-order valence-corrected chi connectivity index (χ3v) is 14.1. The van der Waals surface area contributed by atoms with Crippen molar-refractivity contribution in [2.24, 2.45) is 11.8 Å². The van der Waals surface area contributed by atoms with Crippen LogP contribution in [-0.2, 0) is 14.4 Å². The van der Waals surface area contributed by atoms with Gasteiger partial charge in [-0.15, -0.1) is 0 Å². The van der Waals surface area contributed by atoms with Crippen molar-refractivity contribution in [1.82, 2.24) is 38.9 Å². The molecule has 10 rings (SSSR count). The van der Waals surface area contributed by atoms with Gasteiger partial charge in [-0.1, -0.05) is 6.07 Å². The monoisotopic (exact) mass is 916 g/mol. The number of nitrogens with zero attached hydrogens (tertiary/aromatic N) is 9. The lowest BCUT2D eigenvalue weighted by Gasteiger charge is -2.37. The highest BCUT2D eigenvalue weighted by molar-refractivity contribution is 7.98. The lowest BCUT2D eigenvalue weighted by atomic mass is 9.89. The second-order valence-corrected chi connectivity index (χ2v) is 18.4. The molecule has 4 aliphatic heterocycles. The number of hydrogen-bond donors (Lipinski definition) is 3. The topological polar surface area (TPSA) is 194 Å². The van der Waals surface area contributed by atoms with Crippen LogP contribution in [0.5, 0.6) is 11.5 Å². The number of hydrogen-bond acceptors (Lipinski definition) is 15. The van der Waals surface area contributed by atoms with Gasteiger partial charge in [0, 0.05) is 63.5 Å². The maximum absolute atomic E-state index is 15.3. The van der Waals surface area contributed by atoms with Crippen molar-refractivity contribution in [3.05, 3.63) is 100 Å². The second-order valence-electron chi connectivity index (χ2n) is 17.5. The number of aromatic nitrogens is 4. The van der Waals surface area contributed by atoms with E-state index in [-0.39, 0.29) is 59.0 Å². The average molecular weight is 917 g/mol. The number of carbonyl (C=O) groups is 3. The summed E-state index contributed by atoms with van der Waals surface area (Å²) < 4.78 is 43.1. The number of fused-ring (bicyclic) bond motifs is 2. The Balaban J connectivity index is 0.715. The summed E-state index contributed by atoms with van der Waals surface area (Å²) in [5.74, 6) is 0.107. The minimum atomic E-state index is -0.713. The fourth-order valence-corrected chi connectivity index (χ4v) is 10.2. The second kappa shape index (κ2) is 18.3. The van der Waals surface area contributed by atoms with Gasteiger partial charge in [0.05, 0.1) is 41.2 Å². The first-order valence-corrected chi connectivity index (χ1v) is 22.9. The fraction of sp³-hybridized carbons (Fsp3) is 0.391. The summed E-state index contributed by atoms with van der Waals surface area (Å²) in [6.45, 7) is 5.56. The van der Waals surface area contributed by atoms with Crippen LogP contribution < -0.4 is 30.6 Å². The molecule has 3 amide bonds. The van der Waals surface area contributed by atoms with E-state index in [9.17, 15) is 24.4 Å². The van der Waals surface area contributed by atoms with Crippen LogP contribution in [0.4, 0.5) is 26.1 Å². The first kappa shape index (κ1) is 43.2. The number of halogens is 2. The van der Waals surface area contributed by atoms with Crippen LogP contribution in [0.3, 0.4) is 0 Å². The molecule has 17 nitrogen and oxygen atoms in total. The number of piperazine rings is 1. The highest BCUT2D eigenvalue weighted by Gasteiger charge is 2.45. The highest BCUT2D eigenvalue weighted by atomic mass is 32.2. The number of piperidine rings is 3. The molecule has 1 aliphatic carbocycles. The van der Waals surface area contributed by atoms with E-state index >= 15 is 8.78 Å². The zero-order valence-electron chi connectivity index (χ0n) is 35.8. The summed E-state index contributed by atoms with van der Waals surface area (Å²) in [5.41, 5.74) is 1.91. The number of rotatable bonds is 12. The molecule has 3 atom stereocenters. The molecule has 2 aromatic heterocycles. The van der Waals surface area contributed by atoms with E-state index in [4.69, 9.17) is 4.74 Å². The third kappa shape index (κ3) is 9.10. The maximum atomic E-state index is 15.3. The van der Waals surface area contributed by atoms with Crippen molar-refractivity contribution in [3.8, 4) is 23.3 Å². The molecule has 3 unspecified atom stereocenters. The molecule has 0 bridgehead atoms. The predicted octanol–water partition coefficient (Wildman–Crippen LogP) is 4.79. The van der Waals surface area contributed by atoms with Crippen LogP contribution in [0.2, 0.25) is 0 Å². The van der Waals surface area contributed by atoms with E-state index in [1.807, 2.05) is 9.80 Å². The molecule has 4 saturated heterocycles. The molecule has 1 saturated carbocycles. The molecule has 5 aromatic rings. The van der Waals surface area contributed by atoms with E-state index in [2.05, 4.69) is 45.6 Å². The SMILES string of the molecule is N#Cc1c(NSN2CC3CC3C2)ccc(F)c1Oc1ccc2ncn(-c3cnc(N4CCN(C(=O)CN5CCC(c6ccc(NC7CCC(=O)NC7=O)cc6F)CC5)CC4)nc3)c(=O)c2c1. The van der Waals surface area contributed by atoms with E-state index in [1.165, 1.54) is 66.1 Å². The summed E-state index contributed by atoms with van der Waals surface area (Å²) in [6, 6.07) is 13.8. The van der Waals surface area contributed by atoms with Crippen molar-refractivity contribution in [2.45, 2.75) is 44.1 Å². The summed E-state index contributed by atoms with van der Waals surface area (Å²) in [4.78, 5) is 70.2. The molecule has 340 valence electrons. The molecule has 5 fully saturated rings. The van der Waals surface area contributed by atoms with Crippen molar-refractivity contribution < 1.29 is 27.9 Å². The van der Waals surface area contributed by atoms with E-state index < -0.39 is 23.3 Å². The van der Waals surface area contributed by atoms with Crippen molar-refractivity contribution in [1.29, 1.82) is 5.26 Å². The molecule has 66 heavy (non-hydrogen) atoms. The molecule has 20 heteroatoms. The van der Waals surface area contributed by atoms with Crippen LogP contribution in [0.1, 0.15) is 49.1 Å². The number of imide groups is 1. The van der Waals surface area contributed by atoms with Gasteiger partial charge in [-0.25, -0.2) is 28.0 Å². The lowest BCUT2D eigenvalue weighted by molar-refractivity contribution is -0.134.